The molecule has 1 unspecified atom stereocenters. The molecule has 0 radical (unpaired) electrons. The Morgan fingerprint density at radius 1 is 1.47 bits per heavy atom. The highest BCUT2D eigenvalue weighted by molar-refractivity contribution is 5.67. The molecule has 1 aromatic rings. The van der Waals surface area contributed by atoms with Crippen LogP contribution in [-0.4, -0.2) is 52.1 Å². The first-order chi connectivity index (χ1) is 9.08. The van der Waals surface area contributed by atoms with Crippen LogP contribution >= 0.6 is 0 Å². The van der Waals surface area contributed by atoms with Crippen LogP contribution in [0.4, 0.5) is 0 Å². The number of hydrogen-bond donors (Lipinski definition) is 1. The monoisotopic (exact) mass is 267 g/mol. The molecule has 1 saturated heterocycles. The Bertz CT molecular complexity index is 425. The Morgan fingerprint density at radius 3 is 2.68 bits per heavy atom. The van der Waals surface area contributed by atoms with Gasteiger partial charge in [-0.2, -0.15) is 5.10 Å². The number of carboxylic acids is 1. The summed E-state index contributed by atoms with van der Waals surface area (Å²) in [4.78, 5) is 13.2. The maximum Gasteiger partial charge on any atom is 0.305 e. The summed E-state index contributed by atoms with van der Waals surface area (Å²) >= 11 is 0. The fourth-order valence-electron chi connectivity index (χ4n) is 2.32. The first-order valence-corrected chi connectivity index (χ1v) is 6.65. The molecule has 0 aliphatic carbocycles. The molecule has 1 N–H and O–H groups in total. The van der Waals surface area contributed by atoms with Crippen LogP contribution in [0.25, 0.3) is 0 Å². The highest BCUT2D eigenvalue weighted by atomic mass is 16.5. The van der Waals surface area contributed by atoms with Gasteiger partial charge in [-0.3, -0.25) is 14.4 Å². The Kier molecular flexibility index (Phi) is 4.55. The number of nitrogens with zero attached hydrogens (tertiary/aromatic N) is 3. The predicted molar refractivity (Wildman–Crippen MR) is 70.0 cm³/mol. The SMILES string of the molecule is CC(C)n1cc(C(CC(=O)O)N2CCOCC2)cn1. The van der Waals surface area contributed by atoms with Crippen molar-refractivity contribution < 1.29 is 14.6 Å². The van der Waals surface area contributed by atoms with Crippen LogP contribution in [-0.2, 0) is 9.53 Å². The van der Waals surface area contributed by atoms with Gasteiger partial charge < -0.3 is 9.84 Å². The van der Waals surface area contributed by atoms with Crippen LogP contribution < -0.4 is 0 Å². The lowest BCUT2D eigenvalue weighted by atomic mass is 10.1. The predicted octanol–water partition coefficient (Wildman–Crippen LogP) is 1.31. The molecule has 0 aromatic carbocycles. The largest absolute Gasteiger partial charge is 0.481 e. The molecule has 2 heterocycles. The van der Waals surface area contributed by atoms with Crippen molar-refractivity contribution in [1.29, 1.82) is 0 Å². The van der Waals surface area contributed by atoms with E-state index in [4.69, 9.17) is 9.84 Å². The van der Waals surface area contributed by atoms with Crippen molar-refractivity contribution in [2.45, 2.75) is 32.4 Å². The van der Waals surface area contributed by atoms with E-state index in [9.17, 15) is 4.79 Å². The minimum atomic E-state index is -0.784. The van der Waals surface area contributed by atoms with Crippen molar-refractivity contribution in [3.05, 3.63) is 18.0 Å². The molecule has 1 aliphatic heterocycles. The fraction of sp³-hybridized carbons (Fsp3) is 0.692. The van der Waals surface area contributed by atoms with Crippen LogP contribution in [0.3, 0.4) is 0 Å². The lowest BCUT2D eigenvalue weighted by molar-refractivity contribution is -0.139. The quantitative estimate of drug-likeness (QED) is 0.871. The zero-order valence-corrected chi connectivity index (χ0v) is 11.5. The molecule has 1 atom stereocenters. The second-order valence-electron chi connectivity index (χ2n) is 5.11. The number of hydrogen-bond acceptors (Lipinski definition) is 4. The maximum atomic E-state index is 11.1. The molecule has 1 fully saturated rings. The molecule has 6 nitrogen and oxygen atoms in total. The van der Waals surface area contributed by atoms with Crippen molar-refractivity contribution >= 4 is 5.97 Å². The zero-order chi connectivity index (χ0) is 13.8. The average molecular weight is 267 g/mol. The Labute approximate surface area is 113 Å². The van der Waals surface area contributed by atoms with Gasteiger partial charge in [0.1, 0.15) is 0 Å². The van der Waals surface area contributed by atoms with E-state index in [2.05, 4.69) is 23.8 Å². The van der Waals surface area contributed by atoms with Gasteiger partial charge in [-0.15, -0.1) is 0 Å². The average Bonchev–Trinajstić information content (AvgIpc) is 2.86. The van der Waals surface area contributed by atoms with Crippen LogP contribution in [0.5, 0.6) is 0 Å². The van der Waals surface area contributed by atoms with Gasteiger partial charge in [-0.1, -0.05) is 0 Å². The number of carboxylic acid groups (broad SMARTS) is 1. The first-order valence-electron chi connectivity index (χ1n) is 6.65. The van der Waals surface area contributed by atoms with Gasteiger partial charge in [-0.05, 0) is 13.8 Å². The van der Waals surface area contributed by atoms with Crippen LogP contribution in [0.1, 0.15) is 37.9 Å². The Morgan fingerprint density at radius 2 is 2.16 bits per heavy atom. The third kappa shape index (κ3) is 3.54. The highest BCUT2D eigenvalue weighted by Crippen LogP contribution is 2.25. The third-order valence-corrected chi connectivity index (χ3v) is 3.39. The van der Waals surface area contributed by atoms with Gasteiger partial charge in [0.05, 0.1) is 25.8 Å². The van der Waals surface area contributed by atoms with Gasteiger partial charge in [-0.25, -0.2) is 0 Å². The standard InChI is InChI=1S/C13H21N3O3/c1-10(2)16-9-11(8-14-16)12(7-13(17)18)15-3-5-19-6-4-15/h8-10,12H,3-7H2,1-2H3,(H,17,18). The summed E-state index contributed by atoms with van der Waals surface area (Å²) in [6.07, 6.45) is 3.83. The fourth-order valence-corrected chi connectivity index (χ4v) is 2.32. The third-order valence-electron chi connectivity index (χ3n) is 3.39. The molecule has 2 rings (SSSR count). The second kappa shape index (κ2) is 6.16. The first kappa shape index (κ1) is 14.0. The van der Waals surface area contributed by atoms with E-state index in [0.717, 1.165) is 18.7 Å². The van der Waals surface area contributed by atoms with Crippen LogP contribution in [0.2, 0.25) is 0 Å². The van der Waals surface area contributed by atoms with Gasteiger partial charge in [0, 0.05) is 36.9 Å². The Hall–Kier alpha value is -1.40. The summed E-state index contributed by atoms with van der Waals surface area (Å²) in [7, 11) is 0. The molecular weight excluding hydrogens is 246 g/mol. The number of ether oxygens (including phenoxy) is 1. The molecule has 0 bridgehead atoms. The summed E-state index contributed by atoms with van der Waals surface area (Å²) in [5.41, 5.74) is 0.970. The summed E-state index contributed by atoms with van der Waals surface area (Å²) in [6.45, 7) is 6.97. The van der Waals surface area contributed by atoms with E-state index in [0.29, 0.717) is 13.2 Å². The van der Waals surface area contributed by atoms with Crippen molar-refractivity contribution in [3.8, 4) is 0 Å². The summed E-state index contributed by atoms with van der Waals surface area (Å²) in [5.74, 6) is -0.784. The number of carbonyl (C=O) groups is 1. The van der Waals surface area contributed by atoms with Gasteiger partial charge in [0.2, 0.25) is 0 Å². The van der Waals surface area contributed by atoms with Gasteiger partial charge in [0.15, 0.2) is 0 Å². The van der Waals surface area contributed by atoms with E-state index < -0.39 is 5.97 Å². The van der Waals surface area contributed by atoms with Crippen molar-refractivity contribution in [2.24, 2.45) is 0 Å². The van der Waals surface area contributed by atoms with Crippen LogP contribution in [0.15, 0.2) is 12.4 Å². The summed E-state index contributed by atoms with van der Waals surface area (Å²) < 4.78 is 7.19. The minimum absolute atomic E-state index is 0.101. The number of aromatic nitrogens is 2. The molecule has 106 valence electrons. The summed E-state index contributed by atoms with van der Waals surface area (Å²) in [6, 6.07) is 0.165. The number of rotatable bonds is 5. The van der Waals surface area contributed by atoms with Gasteiger partial charge >= 0.3 is 5.97 Å². The molecule has 6 heteroatoms. The lowest BCUT2D eigenvalue weighted by Crippen LogP contribution is -2.39. The topological polar surface area (TPSA) is 67.6 Å². The van der Waals surface area contributed by atoms with Crippen molar-refractivity contribution in [3.63, 3.8) is 0 Å². The molecule has 19 heavy (non-hydrogen) atoms. The van der Waals surface area contributed by atoms with E-state index in [1.807, 2.05) is 10.9 Å². The zero-order valence-electron chi connectivity index (χ0n) is 11.5. The number of morpholine rings is 1. The lowest BCUT2D eigenvalue weighted by Gasteiger charge is -2.33. The van der Waals surface area contributed by atoms with E-state index in [-0.39, 0.29) is 18.5 Å². The van der Waals surface area contributed by atoms with E-state index in [1.165, 1.54) is 0 Å². The van der Waals surface area contributed by atoms with Crippen molar-refractivity contribution in [1.82, 2.24) is 14.7 Å². The number of aliphatic carboxylic acids is 1. The molecular formula is C13H21N3O3. The highest BCUT2D eigenvalue weighted by Gasteiger charge is 2.26. The van der Waals surface area contributed by atoms with Gasteiger partial charge in [0.25, 0.3) is 0 Å². The molecule has 0 spiro atoms. The smallest absolute Gasteiger partial charge is 0.305 e. The molecule has 1 aliphatic rings. The van der Waals surface area contributed by atoms with Crippen LogP contribution in [0, 0.1) is 0 Å². The second-order valence-corrected chi connectivity index (χ2v) is 5.11. The Balaban J connectivity index is 2.17. The van der Waals surface area contributed by atoms with E-state index >= 15 is 0 Å². The molecule has 1 aromatic heterocycles. The maximum absolute atomic E-state index is 11.1. The normalized spacial score (nSPS) is 18.7. The molecule has 0 amide bonds. The van der Waals surface area contributed by atoms with E-state index in [1.54, 1.807) is 6.20 Å². The summed E-state index contributed by atoms with van der Waals surface area (Å²) in [5, 5.41) is 13.4. The van der Waals surface area contributed by atoms with Crippen molar-refractivity contribution in [2.75, 3.05) is 26.3 Å². The minimum Gasteiger partial charge on any atom is -0.481 e. The molecule has 0 saturated carbocycles.